The van der Waals surface area contributed by atoms with Gasteiger partial charge in [0.1, 0.15) is 0 Å². The Balaban J connectivity index is 2.56. The molecule has 0 unspecified atom stereocenters. The second kappa shape index (κ2) is 6.93. The lowest BCUT2D eigenvalue weighted by atomic mass is 10.1. The van der Waals surface area contributed by atoms with Crippen molar-refractivity contribution in [3.63, 3.8) is 0 Å². The van der Waals surface area contributed by atoms with E-state index in [9.17, 15) is 9.59 Å². The molecule has 3 N–H and O–H groups in total. The Kier molecular flexibility index (Phi) is 5.55. The molecule has 0 aliphatic carbocycles. The number of anilines is 1. The quantitative estimate of drug-likeness (QED) is 0.768. The van der Waals surface area contributed by atoms with Crippen LogP contribution in [0, 0.1) is 0 Å². The van der Waals surface area contributed by atoms with Gasteiger partial charge in [0.2, 0.25) is 5.91 Å². The molecule has 0 aliphatic heterocycles. The zero-order valence-electron chi connectivity index (χ0n) is 12.5. The zero-order valence-corrected chi connectivity index (χ0v) is 12.5. The van der Waals surface area contributed by atoms with E-state index in [1.807, 2.05) is 27.7 Å². The number of hydrogen-bond donors (Lipinski definition) is 3. The van der Waals surface area contributed by atoms with Gasteiger partial charge in [-0.15, -0.1) is 0 Å². The van der Waals surface area contributed by atoms with Gasteiger partial charge in [0.05, 0.1) is 6.54 Å². The van der Waals surface area contributed by atoms with E-state index in [1.165, 1.54) is 0 Å². The summed E-state index contributed by atoms with van der Waals surface area (Å²) in [5, 5.41) is 8.60. The first-order chi connectivity index (χ1) is 9.31. The molecule has 2 amide bonds. The van der Waals surface area contributed by atoms with Crippen LogP contribution in [0.15, 0.2) is 24.3 Å². The summed E-state index contributed by atoms with van der Waals surface area (Å²) in [5.41, 5.74) is 1.15. The second-order valence-corrected chi connectivity index (χ2v) is 5.59. The Bertz CT molecular complexity index is 461. The fourth-order valence-corrected chi connectivity index (χ4v) is 1.59. The molecule has 20 heavy (non-hydrogen) atoms. The number of amides is 2. The maximum atomic E-state index is 11.9. The van der Waals surface area contributed by atoms with Crippen molar-refractivity contribution in [3.8, 4) is 0 Å². The Morgan fingerprint density at radius 3 is 2.20 bits per heavy atom. The number of benzene rings is 1. The maximum Gasteiger partial charge on any atom is 0.251 e. The van der Waals surface area contributed by atoms with Crippen LogP contribution in [0.2, 0.25) is 0 Å². The monoisotopic (exact) mass is 277 g/mol. The highest BCUT2D eigenvalue weighted by Crippen LogP contribution is 2.10. The lowest BCUT2D eigenvalue weighted by Gasteiger charge is -2.20. The fraction of sp³-hybridized carbons (Fsp3) is 0.467. The minimum atomic E-state index is -0.258. The van der Waals surface area contributed by atoms with E-state index >= 15 is 0 Å². The first-order valence-corrected chi connectivity index (χ1v) is 6.75. The zero-order chi connectivity index (χ0) is 15.2. The van der Waals surface area contributed by atoms with Crippen molar-refractivity contribution < 1.29 is 9.59 Å². The molecule has 1 aromatic rings. The molecule has 0 fully saturated rings. The molecule has 0 aromatic heterocycles. The molecule has 0 aliphatic rings. The largest absolute Gasteiger partial charge is 0.376 e. The smallest absolute Gasteiger partial charge is 0.251 e. The van der Waals surface area contributed by atoms with Gasteiger partial charge in [0.15, 0.2) is 0 Å². The number of nitrogens with one attached hydrogen (secondary N) is 3. The summed E-state index contributed by atoms with van der Waals surface area (Å²) >= 11 is 0. The SMILES string of the molecule is CCNC(=O)CNc1ccc(C(=O)NC(C)(C)C)cc1. The summed E-state index contributed by atoms with van der Waals surface area (Å²) in [5.74, 6) is -0.158. The van der Waals surface area contributed by atoms with Crippen LogP contribution in [-0.4, -0.2) is 30.4 Å². The van der Waals surface area contributed by atoms with Crippen LogP contribution in [0.4, 0.5) is 5.69 Å². The summed E-state index contributed by atoms with van der Waals surface area (Å²) in [6.07, 6.45) is 0. The van der Waals surface area contributed by atoms with E-state index in [0.717, 1.165) is 5.69 Å². The van der Waals surface area contributed by atoms with Crippen molar-refractivity contribution in [2.24, 2.45) is 0 Å². The van der Waals surface area contributed by atoms with E-state index in [2.05, 4.69) is 16.0 Å². The van der Waals surface area contributed by atoms with Gasteiger partial charge in [-0.2, -0.15) is 0 Å². The summed E-state index contributed by atoms with van der Waals surface area (Å²) in [7, 11) is 0. The van der Waals surface area contributed by atoms with Gasteiger partial charge in [0.25, 0.3) is 5.91 Å². The van der Waals surface area contributed by atoms with E-state index < -0.39 is 0 Å². The van der Waals surface area contributed by atoms with E-state index in [4.69, 9.17) is 0 Å². The Hall–Kier alpha value is -2.04. The Morgan fingerprint density at radius 1 is 1.10 bits per heavy atom. The minimum Gasteiger partial charge on any atom is -0.376 e. The highest BCUT2D eigenvalue weighted by Gasteiger charge is 2.14. The number of hydrogen-bond acceptors (Lipinski definition) is 3. The van der Waals surface area contributed by atoms with E-state index in [-0.39, 0.29) is 23.9 Å². The number of carbonyl (C=O) groups is 2. The summed E-state index contributed by atoms with van der Waals surface area (Å²) in [4.78, 5) is 23.2. The van der Waals surface area contributed by atoms with Gasteiger partial charge >= 0.3 is 0 Å². The molecule has 0 atom stereocenters. The lowest BCUT2D eigenvalue weighted by Crippen LogP contribution is -2.40. The molecule has 0 saturated heterocycles. The van der Waals surface area contributed by atoms with Crippen LogP contribution in [0.1, 0.15) is 38.1 Å². The fourth-order valence-electron chi connectivity index (χ4n) is 1.59. The molecule has 0 saturated carbocycles. The topological polar surface area (TPSA) is 70.2 Å². The summed E-state index contributed by atoms with van der Waals surface area (Å²) < 4.78 is 0. The van der Waals surface area contributed by atoms with Gasteiger partial charge < -0.3 is 16.0 Å². The number of carbonyl (C=O) groups excluding carboxylic acids is 2. The summed E-state index contributed by atoms with van der Waals surface area (Å²) in [6, 6.07) is 7.05. The molecule has 1 aromatic carbocycles. The average Bonchev–Trinajstić information content (AvgIpc) is 2.35. The van der Waals surface area contributed by atoms with Crippen LogP contribution in [0.5, 0.6) is 0 Å². The molecule has 0 radical (unpaired) electrons. The standard InChI is InChI=1S/C15H23N3O2/c1-5-16-13(19)10-17-12-8-6-11(7-9-12)14(20)18-15(2,3)4/h6-9,17H,5,10H2,1-4H3,(H,16,19)(H,18,20). The molecular weight excluding hydrogens is 254 g/mol. The first-order valence-electron chi connectivity index (χ1n) is 6.75. The molecule has 1 rings (SSSR count). The normalized spacial score (nSPS) is 10.8. The van der Waals surface area contributed by atoms with E-state index in [0.29, 0.717) is 12.1 Å². The first kappa shape index (κ1) is 16.0. The number of likely N-dealkylation sites (N-methyl/N-ethyl adjacent to an activating group) is 1. The van der Waals surface area contributed by atoms with Gasteiger partial charge in [0, 0.05) is 23.3 Å². The maximum absolute atomic E-state index is 11.9. The predicted octanol–water partition coefficient (Wildman–Crippen LogP) is 1.76. The molecular formula is C15H23N3O2. The van der Waals surface area contributed by atoms with Crippen molar-refractivity contribution >= 4 is 17.5 Å². The van der Waals surface area contributed by atoms with Gasteiger partial charge in [-0.3, -0.25) is 9.59 Å². The third kappa shape index (κ3) is 5.73. The molecule has 110 valence electrons. The highest BCUT2D eigenvalue weighted by molar-refractivity contribution is 5.95. The minimum absolute atomic E-state index is 0.0537. The van der Waals surface area contributed by atoms with Crippen LogP contribution < -0.4 is 16.0 Å². The third-order valence-electron chi connectivity index (χ3n) is 2.46. The van der Waals surface area contributed by atoms with Gasteiger partial charge in [-0.05, 0) is 52.0 Å². The predicted molar refractivity (Wildman–Crippen MR) is 80.8 cm³/mol. The molecule has 5 heteroatoms. The van der Waals surface area contributed by atoms with Gasteiger partial charge in [-0.1, -0.05) is 0 Å². The third-order valence-corrected chi connectivity index (χ3v) is 2.46. The van der Waals surface area contributed by atoms with Crippen LogP contribution in [-0.2, 0) is 4.79 Å². The highest BCUT2D eigenvalue weighted by atomic mass is 16.2. The van der Waals surface area contributed by atoms with Crippen molar-refractivity contribution in [2.45, 2.75) is 33.2 Å². The Morgan fingerprint density at radius 2 is 1.70 bits per heavy atom. The van der Waals surface area contributed by atoms with Crippen molar-refractivity contribution in [1.29, 1.82) is 0 Å². The molecule has 0 heterocycles. The molecule has 0 bridgehead atoms. The Labute approximate surface area is 120 Å². The lowest BCUT2D eigenvalue weighted by molar-refractivity contribution is -0.119. The van der Waals surface area contributed by atoms with Crippen LogP contribution >= 0.6 is 0 Å². The van der Waals surface area contributed by atoms with E-state index in [1.54, 1.807) is 24.3 Å². The number of rotatable bonds is 5. The summed E-state index contributed by atoms with van der Waals surface area (Å²) in [6.45, 7) is 8.53. The van der Waals surface area contributed by atoms with Crippen molar-refractivity contribution in [1.82, 2.24) is 10.6 Å². The average molecular weight is 277 g/mol. The molecule has 5 nitrogen and oxygen atoms in total. The van der Waals surface area contributed by atoms with Crippen LogP contribution in [0.25, 0.3) is 0 Å². The van der Waals surface area contributed by atoms with Gasteiger partial charge in [-0.25, -0.2) is 0 Å². The molecule has 0 spiro atoms. The second-order valence-electron chi connectivity index (χ2n) is 5.59. The van der Waals surface area contributed by atoms with Crippen molar-refractivity contribution in [2.75, 3.05) is 18.4 Å². The van der Waals surface area contributed by atoms with Crippen LogP contribution in [0.3, 0.4) is 0 Å². The van der Waals surface area contributed by atoms with Crippen molar-refractivity contribution in [3.05, 3.63) is 29.8 Å².